The van der Waals surface area contributed by atoms with Crippen molar-refractivity contribution in [2.75, 3.05) is 18.8 Å². The fraction of sp³-hybridized carbons (Fsp3) is 0.500. The molecule has 21 heavy (non-hydrogen) atoms. The molecule has 7 heteroatoms. The van der Waals surface area contributed by atoms with Gasteiger partial charge in [0.25, 0.3) is 0 Å². The highest BCUT2D eigenvalue weighted by atomic mass is 35.5. The first-order chi connectivity index (χ1) is 10.1. The molecule has 2 aliphatic rings. The summed E-state index contributed by atoms with van der Waals surface area (Å²) in [6, 6.07) is 2.94. The standard InChI is InChI=1S/C14H17ClN4O2/c15-9-4-5-12(16)17-10(9)7-18-8-13(20)19-6-2-1-3-11(19)14(18)21/h4-5,11H,1-3,6-8H2,(H2,16,17). The van der Waals surface area contributed by atoms with Crippen molar-refractivity contribution in [2.45, 2.75) is 31.8 Å². The lowest BCUT2D eigenvalue weighted by Crippen LogP contribution is -2.60. The van der Waals surface area contributed by atoms with Crippen LogP contribution in [0.15, 0.2) is 12.1 Å². The monoisotopic (exact) mass is 308 g/mol. The van der Waals surface area contributed by atoms with Crippen LogP contribution in [0.5, 0.6) is 0 Å². The van der Waals surface area contributed by atoms with Crippen molar-refractivity contribution >= 4 is 29.2 Å². The average Bonchev–Trinajstić information content (AvgIpc) is 2.48. The van der Waals surface area contributed by atoms with E-state index >= 15 is 0 Å². The largest absolute Gasteiger partial charge is 0.384 e. The van der Waals surface area contributed by atoms with Crippen molar-refractivity contribution in [1.29, 1.82) is 0 Å². The van der Waals surface area contributed by atoms with Crippen LogP contribution in [0.2, 0.25) is 5.02 Å². The molecule has 2 aliphatic heterocycles. The molecule has 2 fully saturated rings. The molecule has 0 aromatic carbocycles. The van der Waals surface area contributed by atoms with Crippen LogP contribution in [0.4, 0.5) is 5.82 Å². The molecule has 0 radical (unpaired) electrons. The number of nitrogens with two attached hydrogens (primary N) is 1. The molecule has 0 spiro atoms. The van der Waals surface area contributed by atoms with Crippen molar-refractivity contribution < 1.29 is 9.59 Å². The van der Waals surface area contributed by atoms with Crippen LogP contribution >= 0.6 is 11.6 Å². The number of halogens is 1. The van der Waals surface area contributed by atoms with Gasteiger partial charge in [-0.3, -0.25) is 9.59 Å². The number of pyridine rings is 1. The smallest absolute Gasteiger partial charge is 0.246 e. The Bertz CT molecular complexity index is 592. The van der Waals surface area contributed by atoms with Gasteiger partial charge in [-0.05, 0) is 31.4 Å². The van der Waals surface area contributed by atoms with E-state index in [1.807, 2.05) is 0 Å². The molecule has 0 aliphatic carbocycles. The van der Waals surface area contributed by atoms with E-state index in [1.54, 1.807) is 17.0 Å². The normalized spacial score (nSPS) is 22.4. The van der Waals surface area contributed by atoms with Gasteiger partial charge in [0.15, 0.2) is 0 Å². The van der Waals surface area contributed by atoms with Gasteiger partial charge >= 0.3 is 0 Å². The third-order valence-corrected chi connectivity index (χ3v) is 4.37. The Morgan fingerprint density at radius 2 is 2.14 bits per heavy atom. The second kappa shape index (κ2) is 5.52. The Kier molecular flexibility index (Phi) is 3.71. The molecule has 3 rings (SSSR count). The van der Waals surface area contributed by atoms with Gasteiger partial charge in [0.05, 0.1) is 17.3 Å². The zero-order valence-electron chi connectivity index (χ0n) is 11.6. The van der Waals surface area contributed by atoms with Crippen LogP contribution < -0.4 is 5.73 Å². The van der Waals surface area contributed by atoms with E-state index in [-0.39, 0.29) is 30.9 Å². The lowest BCUT2D eigenvalue weighted by Gasteiger charge is -2.42. The topological polar surface area (TPSA) is 79.5 Å². The minimum Gasteiger partial charge on any atom is -0.384 e. The predicted molar refractivity (Wildman–Crippen MR) is 78.4 cm³/mol. The van der Waals surface area contributed by atoms with Gasteiger partial charge in [0, 0.05) is 6.54 Å². The third kappa shape index (κ3) is 2.68. The summed E-state index contributed by atoms with van der Waals surface area (Å²) < 4.78 is 0. The summed E-state index contributed by atoms with van der Waals surface area (Å²) in [6.45, 7) is 0.987. The minimum atomic E-state index is -0.320. The number of hydrogen-bond acceptors (Lipinski definition) is 4. The van der Waals surface area contributed by atoms with Crippen molar-refractivity contribution in [3.63, 3.8) is 0 Å². The fourth-order valence-electron chi connectivity index (χ4n) is 2.96. The molecule has 0 bridgehead atoms. The van der Waals surface area contributed by atoms with E-state index in [4.69, 9.17) is 17.3 Å². The molecule has 1 atom stereocenters. The molecular formula is C14H17ClN4O2. The molecule has 112 valence electrons. The highest BCUT2D eigenvalue weighted by Gasteiger charge is 2.40. The minimum absolute atomic E-state index is 0.000625. The first kappa shape index (κ1) is 14.1. The van der Waals surface area contributed by atoms with Gasteiger partial charge in [-0.1, -0.05) is 11.6 Å². The quantitative estimate of drug-likeness (QED) is 0.885. The summed E-state index contributed by atoms with van der Waals surface area (Å²) in [5.74, 6) is 0.332. The first-order valence-electron chi connectivity index (χ1n) is 7.05. The first-order valence-corrected chi connectivity index (χ1v) is 7.43. The molecule has 2 N–H and O–H groups in total. The number of anilines is 1. The van der Waals surface area contributed by atoms with E-state index in [1.165, 1.54) is 4.90 Å². The lowest BCUT2D eigenvalue weighted by atomic mass is 9.98. The molecule has 2 amide bonds. The maximum Gasteiger partial charge on any atom is 0.246 e. The molecule has 0 saturated carbocycles. The van der Waals surface area contributed by atoms with Gasteiger partial charge in [-0.15, -0.1) is 0 Å². The van der Waals surface area contributed by atoms with Gasteiger partial charge in [0.2, 0.25) is 11.8 Å². The Labute approximate surface area is 127 Å². The SMILES string of the molecule is Nc1ccc(Cl)c(CN2CC(=O)N3CCCCC3C2=O)n1. The van der Waals surface area contributed by atoms with E-state index < -0.39 is 0 Å². The van der Waals surface area contributed by atoms with Crippen LogP contribution in [0, 0.1) is 0 Å². The molecule has 6 nitrogen and oxygen atoms in total. The summed E-state index contributed by atoms with van der Waals surface area (Å²) in [5.41, 5.74) is 6.18. The fourth-order valence-corrected chi connectivity index (χ4v) is 3.12. The second-order valence-electron chi connectivity index (χ2n) is 5.46. The van der Waals surface area contributed by atoms with Crippen LogP contribution in [0.1, 0.15) is 25.0 Å². The number of amides is 2. The van der Waals surface area contributed by atoms with Crippen LogP contribution in [-0.2, 0) is 16.1 Å². The third-order valence-electron chi connectivity index (χ3n) is 4.03. The number of nitrogen functional groups attached to an aromatic ring is 1. The van der Waals surface area contributed by atoms with Crippen molar-refractivity contribution in [2.24, 2.45) is 0 Å². The summed E-state index contributed by atoms with van der Waals surface area (Å²) >= 11 is 6.09. The molecule has 3 heterocycles. The highest BCUT2D eigenvalue weighted by molar-refractivity contribution is 6.31. The molecule has 2 saturated heterocycles. The van der Waals surface area contributed by atoms with Crippen LogP contribution in [-0.4, -0.2) is 45.7 Å². The number of carbonyl (C=O) groups is 2. The van der Waals surface area contributed by atoms with Crippen molar-refractivity contribution in [3.8, 4) is 0 Å². The molecule has 1 aromatic rings. The van der Waals surface area contributed by atoms with Crippen LogP contribution in [0.3, 0.4) is 0 Å². The van der Waals surface area contributed by atoms with E-state index in [0.717, 1.165) is 19.3 Å². The summed E-state index contributed by atoms with van der Waals surface area (Å²) in [5, 5.41) is 0.454. The summed E-state index contributed by atoms with van der Waals surface area (Å²) in [7, 11) is 0. The Morgan fingerprint density at radius 3 is 2.95 bits per heavy atom. The van der Waals surface area contributed by atoms with Crippen molar-refractivity contribution in [1.82, 2.24) is 14.8 Å². The Balaban J connectivity index is 1.81. The number of rotatable bonds is 2. The second-order valence-corrected chi connectivity index (χ2v) is 5.86. The number of nitrogens with zero attached hydrogens (tertiary/aromatic N) is 3. The van der Waals surface area contributed by atoms with Gasteiger partial charge in [-0.25, -0.2) is 4.98 Å². The van der Waals surface area contributed by atoms with Crippen LogP contribution in [0.25, 0.3) is 0 Å². The number of fused-ring (bicyclic) bond motifs is 1. The molecule has 1 aromatic heterocycles. The number of carbonyl (C=O) groups excluding carboxylic acids is 2. The average molecular weight is 309 g/mol. The van der Waals surface area contributed by atoms with Crippen molar-refractivity contribution in [3.05, 3.63) is 22.8 Å². The van der Waals surface area contributed by atoms with E-state index in [0.29, 0.717) is 23.1 Å². The lowest BCUT2D eigenvalue weighted by molar-refractivity contribution is -0.158. The molecular weight excluding hydrogens is 292 g/mol. The Morgan fingerprint density at radius 1 is 1.33 bits per heavy atom. The molecule has 1 unspecified atom stereocenters. The van der Waals surface area contributed by atoms with Gasteiger partial charge < -0.3 is 15.5 Å². The van der Waals surface area contributed by atoms with Gasteiger partial charge in [-0.2, -0.15) is 0 Å². The zero-order valence-corrected chi connectivity index (χ0v) is 12.3. The maximum absolute atomic E-state index is 12.5. The summed E-state index contributed by atoms with van der Waals surface area (Å²) in [6.07, 6.45) is 2.68. The van der Waals surface area contributed by atoms with Gasteiger partial charge in [0.1, 0.15) is 18.4 Å². The number of piperazine rings is 1. The predicted octanol–water partition coefficient (Wildman–Crippen LogP) is 1.04. The Hall–Kier alpha value is -1.82. The summed E-state index contributed by atoms with van der Waals surface area (Å²) in [4.78, 5) is 32.1. The zero-order chi connectivity index (χ0) is 15.0. The van der Waals surface area contributed by atoms with E-state index in [9.17, 15) is 9.59 Å². The highest BCUT2D eigenvalue weighted by Crippen LogP contribution is 2.25. The number of aromatic nitrogens is 1. The van der Waals surface area contributed by atoms with E-state index in [2.05, 4.69) is 4.98 Å². The number of hydrogen-bond donors (Lipinski definition) is 1. The number of piperidine rings is 1. The maximum atomic E-state index is 12.5.